The highest BCUT2D eigenvalue weighted by atomic mass is 16.5. The summed E-state index contributed by atoms with van der Waals surface area (Å²) in [6, 6.07) is 12.0. The zero-order valence-corrected chi connectivity index (χ0v) is 15.2. The van der Waals surface area contributed by atoms with E-state index in [9.17, 15) is 4.79 Å². The highest BCUT2D eigenvalue weighted by Crippen LogP contribution is 2.26. The van der Waals surface area contributed by atoms with Crippen molar-refractivity contribution in [1.82, 2.24) is 15.0 Å². The minimum absolute atomic E-state index is 0.342. The van der Waals surface area contributed by atoms with Gasteiger partial charge in [-0.15, -0.1) is 0 Å². The van der Waals surface area contributed by atoms with Crippen molar-refractivity contribution in [2.24, 2.45) is 0 Å². The van der Waals surface area contributed by atoms with Crippen LogP contribution in [0.4, 0.5) is 5.82 Å². The highest BCUT2D eigenvalue weighted by Gasteiger charge is 2.15. The van der Waals surface area contributed by atoms with E-state index in [1.165, 1.54) is 7.11 Å². The van der Waals surface area contributed by atoms with Gasteiger partial charge in [0.25, 0.3) is 5.91 Å². The summed E-state index contributed by atoms with van der Waals surface area (Å²) in [5.74, 6) is 1.47. The van der Waals surface area contributed by atoms with Gasteiger partial charge in [0.15, 0.2) is 11.2 Å². The summed E-state index contributed by atoms with van der Waals surface area (Å²) in [4.78, 5) is 25.3. The predicted octanol–water partition coefficient (Wildman–Crippen LogP) is 3.55. The minimum atomic E-state index is -0.342. The van der Waals surface area contributed by atoms with Crippen molar-refractivity contribution in [2.75, 3.05) is 19.5 Å². The van der Waals surface area contributed by atoms with Crippen LogP contribution in [0.2, 0.25) is 0 Å². The molecule has 0 spiro atoms. The molecular weight excluding hydrogens is 360 g/mol. The van der Waals surface area contributed by atoms with Gasteiger partial charge in [-0.2, -0.15) is 4.98 Å². The Hall–Kier alpha value is -3.94. The molecule has 0 aliphatic carbocycles. The third-order valence-electron chi connectivity index (χ3n) is 4.07. The Kier molecular flexibility index (Phi) is 4.59. The Morgan fingerprint density at radius 3 is 2.68 bits per heavy atom. The topological polar surface area (TPSA) is 99.4 Å². The van der Waals surface area contributed by atoms with Crippen molar-refractivity contribution >= 4 is 23.0 Å². The maximum Gasteiger partial charge on any atom is 0.260 e. The van der Waals surface area contributed by atoms with E-state index in [-0.39, 0.29) is 5.91 Å². The SMILES string of the molecule is COc1ccc(C(=O)Nc2ccc(-c3nc4ncccc4o3)cn2)c(OC)c1. The molecule has 3 aromatic heterocycles. The molecule has 8 heteroatoms. The molecule has 0 bridgehead atoms. The average Bonchev–Trinajstić information content (AvgIpc) is 3.18. The fraction of sp³-hybridized carbons (Fsp3) is 0.100. The van der Waals surface area contributed by atoms with Crippen LogP contribution >= 0.6 is 0 Å². The number of carbonyl (C=O) groups is 1. The van der Waals surface area contributed by atoms with Gasteiger partial charge in [0, 0.05) is 18.5 Å². The molecular formula is C20H16N4O4. The number of fused-ring (bicyclic) bond motifs is 1. The van der Waals surface area contributed by atoms with Gasteiger partial charge in [-0.25, -0.2) is 9.97 Å². The molecule has 0 fully saturated rings. The maximum atomic E-state index is 12.6. The summed E-state index contributed by atoms with van der Waals surface area (Å²) in [6.45, 7) is 0. The van der Waals surface area contributed by atoms with Gasteiger partial charge in [-0.1, -0.05) is 0 Å². The van der Waals surface area contributed by atoms with Gasteiger partial charge >= 0.3 is 0 Å². The van der Waals surface area contributed by atoms with E-state index in [1.54, 1.807) is 62.0 Å². The molecule has 8 nitrogen and oxygen atoms in total. The molecule has 0 atom stereocenters. The first-order valence-electron chi connectivity index (χ1n) is 8.39. The lowest BCUT2D eigenvalue weighted by atomic mass is 10.1. The molecule has 0 unspecified atom stereocenters. The smallest absolute Gasteiger partial charge is 0.260 e. The lowest BCUT2D eigenvalue weighted by molar-refractivity contribution is 0.102. The summed E-state index contributed by atoms with van der Waals surface area (Å²) in [6.07, 6.45) is 3.23. The lowest BCUT2D eigenvalue weighted by Crippen LogP contribution is -2.14. The maximum absolute atomic E-state index is 12.6. The molecule has 0 saturated carbocycles. The number of amides is 1. The molecule has 0 radical (unpaired) electrons. The second kappa shape index (κ2) is 7.36. The number of ether oxygens (including phenoxy) is 2. The van der Waals surface area contributed by atoms with E-state index in [0.29, 0.717) is 45.6 Å². The molecule has 1 aromatic carbocycles. The van der Waals surface area contributed by atoms with Crippen LogP contribution in [-0.2, 0) is 0 Å². The first-order valence-corrected chi connectivity index (χ1v) is 8.39. The monoisotopic (exact) mass is 376 g/mol. The molecule has 1 N–H and O–H groups in total. The van der Waals surface area contributed by atoms with Gasteiger partial charge in [0.05, 0.1) is 25.3 Å². The molecule has 4 rings (SSSR count). The van der Waals surface area contributed by atoms with Crippen molar-refractivity contribution in [2.45, 2.75) is 0 Å². The van der Waals surface area contributed by atoms with E-state index in [2.05, 4.69) is 20.3 Å². The van der Waals surface area contributed by atoms with Gasteiger partial charge < -0.3 is 19.2 Å². The summed E-state index contributed by atoms with van der Waals surface area (Å²) in [5.41, 5.74) is 2.18. The molecule has 1 amide bonds. The normalized spacial score (nSPS) is 10.6. The number of oxazole rings is 1. The van der Waals surface area contributed by atoms with Crippen LogP contribution in [0.15, 0.2) is 59.3 Å². The summed E-state index contributed by atoms with van der Waals surface area (Å²) in [5, 5.41) is 2.74. The van der Waals surface area contributed by atoms with Crippen molar-refractivity contribution < 1.29 is 18.7 Å². The number of nitrogens with zero attached hydrogens (tertiary/aromatic N) is 3. The van der Waals surface area contributed by atoms with Crippen LogP contribution in [0, 0.1) is 0 Å². The van der Waals surface area contributed by atoms with Crippen molar-refractivity contribution in [1.29, 1.82) is 0 Å². The van der Waals surface area contributed by atoms with Gasteiger partial charge in [0.2, 0.25) is 5.89 Å². The first-order chi connectivity index (χ1) is 13.7. The number of anilines is 1. The third-order valence-corrected chi connectivity index (χ3v) is 4.07. The number of aromatic nitrogens is 3. The summed E-state index contributed by atoms with van der Waals surface area (Å²) >= 11 is 0. The molecule has 3 heterocycles. The Bertz CT molecular complexity index is 1110. The molecule has 4 aromatic rings. The van der Waals surface area contributed by atoms with Gasteiger partial charge in [0.1, 0.15) is 17.3 Å². The standard InChI is InChI=1S/C20H16N4O4/c1-26-13-6-7-14(16(10-13)27-2)19(25)23-17-8-5-12(11-22-17)20-24-18-15(28-20)4-3-9-21-18/h3-11H,1-2H3,(H,22,23,25). The van der Waals surface area contributed by atoms with Crippen LogP contribution in [0.3, 0.4) is 0 Å². The van der Waals surface area contributed by atoms with Crippen LogP contribution in [0.5, 0.6) is 11.5 Å². The number of benzene rings is 1. The van der Waals surface area contributed by atoms with E-state index in [1.807, 2.05) is 0 Å². The number of pyridine rings is 2. The molecule has 140 valence electrons. The molecule has 0 saturated heterocycles. The molecule has 0 aliphatic heterocycles. The third kappa shape index (κ3) is 3.35. The fourth-order valence-electron chi connectivity index (χ4n) is 2.66. The molecule has 28 heavy (non-hydrogen) atoms. The van der Waals surface area contributed by atoms with E-state index in [4.69, 9.17) is 13.9 Å². The number of nitrogens with one attached hydrogen (secondary N) is 1. The number of hydrogen-bond acceptors (Lipinski definition) is 7. The number of methoxy groups -OCH3 is 2. The zero-order chi connectivity index (χ0) is 19.5. The Morgan fingerprint density at radius 1 is 1.07 bits per heavy atom. The lowest BCUT2D eigenvalue weighted by Gasteiger charge is -2.10. The number of hydrogen-bond donors (Lipinski definition) is 1. The van der Waals surface area contributed by atoms with Crippen LogP contribution < -0.4 is 14.8 Å². The van der Waals surface area contributed by atoms with Crippen LogP contribution in [0.1, 0.15) is 10.4 Å². The summed E-state index contributed by atoms with van der Waals surface area (Å²) in [7, 11) is 3.04. The van der Waals surface area contributed by atoms with Gasteiger partial charge in [-0.3, -0.25) is 4.79 Å². The Labute approximate surface area is 160 Å². The summed E-state index contributed by atoms with van der Waals surface area (Å²) < 4.78 is 16.1. The highest BCUT2D eigenvalue weighted by molar-refractivity contribution is 6.05. The largest absolute Gasteiger partial charge is 0.497 e. The number of rotatable bonds is 5. The van der Waals surface area contributed by atoms with E-state index >= 15 is 0 Å². The Balaban J connectivity index is 1.54. The first kappa shape index (κ1) is 17.5. The van der Waals surface area contributed by atoms with Crippen molar-refractivity contribution in [3.63, 3.8) is 0 Å². The van der Waals surface area contributed by atoms with Crippen LogP contribution in [-0.4, -0.2) is 35.1 Å². The fourth-order valence-corrected chi connectivity index (χ4v) is 2.66. The van der Waals surface area contributed by atoms with E-state index < -0.39 is 0 Å². The van der Waals surface area contributed by atoms with Crippen molar-refractivity contribution in [3.8, 4) is 23.0 Å². The zero-order valence-electron chi connectivity index (χ0n) is 15.2. The minimum Gasteiger partial charge on any atom is -0.497 e. The van der Waals surface area contributed by atoms with E-state index in [0.717, 1.165) is 0 Å². The quantitative estimate of drug-likeness (QED) is 0.568. The van der Waals surface area contributed by atoms with Gasteiger partial charge in [-0.05, 0) is 36.4 Å². The number of carbonyl (C=O) groups excluding carboxylic acids is 1. The van der Waals surface area contributed by atoms with Crippen molar-refractivity contribution in [3.05, 3.63) is 60.4 Å². The average molecular weight is 376 g/mol. The second-order valence-electron chi connectivity index (χ2n) is 5.80. The van der Waals surface area contributed by atoms with Crippen LogP contribution in [0.25, 0.3) is 22.7 Å². The predicted molar refractivity (Wildman–Crippen MR) is 103 cm³/mol. The second-order valence-corrected chi connectivity index (χ2v) is 5.80. The Morgan fingerprint density at radius 2 is 1.96 bits per heavy atom. The molecule has 0 aliphatic rings.